The molecule has 0 aliphatic carbocycles. The van der Waals surface area contributed by atoms with Crippen molar-refractivity contribution in [2.24, 2.45) is 0 Å². The predicted octanol–water partition coefficient (Wildman–Crippen LogP) is 1.41. The molecule has 3 aromatic rings. The fraction of sp³-hybridized carbons (Fsp3) is 0.350. The molecule has 0 fully saturated rings. The number of hydrogen-bond donors (Lipinski definition) is 0. The SMILES string of the molecule is CN(C)c1ccc(C(=O)N2CCc3nnc(COc4cncnc4)n3CC2)cc1. The molecule has 0 N–H and O–H groups in total. The zero-order chi connectivity index (χ0) is 20.2. The molecule has 4 rings (SSSR count). The second kappa shape index (κ2) is 8.26. The molecule has 29 heavy (non-hydrogen) atoms. The molecule has 2 aromatic heterocycles. The Morgan fingerprint density at radius 2 is 1.83 bits per heavy atom. The summed E-state index contributed by atoms with van der Waals surface area (Å²) in [5.74, 6) is 2.21. The Bertz CT molecular complexity index is 970. The second-order valence-corrected chi connectivity index (χ2v) is 7.03. The van der Waals surface area contributed by atoms with Gasteiger partial charge < -0.3 is 19.1 Å². The summed E-state index contributed by atoms with van der Waals surface area (Å²) in [6.07, 6.45) is 5.32. The molecule has 0 spiro atoms. The molecule has 0 saturated heterocycles. The van der Waals surface area contributed by atoms with E-state index in [0.29, 0.717) is 37.4 Å². The summed E-state index contributed by atoms with van der Waals surface area (Å²) in [5, 5.41) is 8.53. The molecule has 0 atom stereocenters. The van der Waals surface area contributed by atoms with Crippen molar-refractivity contribution in [2.75, 3.05) is 32.1 Å². The molecule has 0 bridgehead atoms. The summed E-state index contributed by atoms with van der Waals surface area (Å²) in [6, 6.07) is 7.68. The van der Waals surface area contributed by atoms with Gasteiger partial charge in [0.15, 0.2) is 11.6 Å². The normalized spacial score (nSPS) is 13.5. The lowest BCUT2D eigenvalue weighted by Gasteiger charge is -2.21. The van der Waals surface area contributed by atoms with Crippen molar-refractivity contribution in [3.63, 3.8) is 0 Å². The van der Waals surface area contributed by atoms with Crippen LogP contribution < -0.4 is 9.64 Å². The van der Waals surface area contributed by atoms with Gasteiger partial charge in [-0.1, -0.05) is 0 Å². The fourth-order valence-corrected chi connectivity index (χ4v) is 3.29. The number of benzene rings is 1. The minimum atomic E-state index is 0.0354. The van der Waals surface area contributed by atoms with E-state index >= 15 is 0 Å². The zero-order valence-electron chi connectivity index (χ0n) is 16.5. The van der Waals surface area contributed by atoms with Crippen LogP contribution in [0.5, 0.6) is 5.75 Å². The number of fused-ring (bicyclic) bond motifs is 1. The first-order valence-corrected chi connectivity index (χ1v) is 9.47. The number of hydrogen-bond acceptors (Lipinski definition) is 7. The van der Waals surface area contributed by atoms with Crippen molar-refractivity contribution in [2.45, 2.75) is 19.6 Å². The summed E-state index contributed by atoms with van der Waals surface area (Å²) in [6.45, 7) is 2.12. The topological polar surface area (TPSA) is 89.3 Å². The monoisotopic (exact) mass is 393 g/mol. The van der Waals surface area contributed by atoms with Gasteiger partial charge in [-0.2, -0.15) is 0 Å². The summed E-state index contributed by atoms with van der Waals surface area (Å²) in [4.78, 5) is 24.7. The molecule has 9 heteroatoms. The average molecular weight is 393 g/mol. The smallest absolute Gasteiger partial charge is 0.253 e. The largest absolute Gasteiger partial charge is 0.482 e. The molecule has 1 aliphatic rings. The number of aromatic nitrogens is 5. The van der Waals surface area contributed by atoms with E-state index in [9.17, 15) is 4.79 Å². The van der Waals surface area contributed by atoms with Gasteiger partial charge in [-0.3, -0.25) is 4.79 Å². The standard InChI is InChI=1S/C20H23N7O2/c1-25(2)16-5-3-15(4-6-16)20(28)26-8-7-18-23-24-19(27(18)10-9-26)13-29-17-11-21-14-22-12-17/h3-6,11-12,14H,7-10,13H2,1-2H3. The van der Waals surface area contributed by atoms with Crippen LogP contribution in [0.15, 0.2) is 43.0 Å². The summed E-state index contributed by atoms with van der Waals surface area (Å²) >= 11 is 0. The van der Waals surface area contributed by atoms with Gasteiger partial charge in [0.1, 0.15) is 18.8 Å². The lowest BCUT2D eigenvalue weighted by Crippen LogP contribution is -2.33. The Hall–Kier alpha value is -3.49. The zero-order valence-corrected chi connectivity index (χ0v) is 16.5. The Morgan fingerprint density at radius 1 is 1.07 bits per heavy atom. The van der Waals surface area contributed by atoms with Crippen LogP contribution in [0.2, 0.25) is 0 Å². The van der Waals surface area contributed by atoms with Crippen LogP contribution in [-0.4, -0.2) is 62.7 Å². The van der Waals surface area contributed by atoms with Gasteiger partial charge >= 0.3 is 0 Å². The highest BCUT2D eigenvalue weighted by Crippen LogP contribution is 2.17. The third kappa shape index (κ3) is 4.18. The maximum atomic E-state index is 12.9. The van der Waals surface area contributed by atoms with E-state index in [1.807, 2.05) is 52.7 Å². The number of amides is 1. The molecule has 9 nitrogen and oxygen atoms in total. The summed E-state index contributed by atoms with van der Waals surface area (Å²) < 4.78 is 7.73. The van der Waals surface area contributed by atoms with Crippen LogP contribution in [0.4, 0.5) is 5.69 Å². The van der Waals surface area contributed by atoms with Gasteiger partial charge in [-0.25, -0.2) is 9.97 Å². The Morgan fingerprint density at radius 3 is 2.55 bits per heavy atom. The average Bonchev–Trinajstić information content (AvgIpc) is 3.01. The minimum absolute atomic E-state index is 0.0354. The van der Waals surface area contributed by atoms with E-state index in [-0.39, 0.29) is 12.5 Å². The highest BCUT2D eigenvalue weighted by molar-refractivity contribution is 5.94. The highest BCUT2D eigenvalue weighted by Gasteiger charge is 2.23. The van der Waals surface area contributed by atoms with Crippen molar-refractivity contribution in [3.05, 3.63) is 60.2 Å². The number of anilines is 1. The third-order valence-electron chi connectivity index (χ3n) is 4.93. The molecular weight excluding hydrogens is 370 g/mol. The van der Waals surface area contributed by atoms with Crippen LogP contribution in [0.25, 0.3) is 0 Å². The van der Waals surface area contributed by atoms with E-state index in [1.54, 1.807) is 12.4 Å². The van der Waals surface area contributed by atoms with Crippen molar-refractivity contribution in [3.8, 4) is 5.75 Å². The second-order valence-electron chi connectivity index (χ2n) is 7.03. The molecule has 1 aliphatic heterocycles. The van der Waals surface area contributed by atoms with Crippen LogP contribution >= 0.6 is 0 Å². The first-order chi connectivity index (χ1) is 14.1. The molecule has 0 saturated carbocycles. The van der Waals surface area contributed by atoms with Crippen LogP contribution in [0.3, 0.4) is 0 Å². The number of rotatable bonds is 5. The number of carbonyl (C=O) groups excluding carboxylic acids is 1. The van der Waals surface area contributed by atoms with Gasteiger partial charge in [0.2, 0.25) is 0 Å². The van der Waals surface area contributed by atoms with Crippen molar-refractivity contribution in [1.82, 2.24) is 29.6 Å². The highest BCUT2D eigenvalue weighted by atomic mass is 16.5. The van der Waals surface area contributed by atoms with E-state index in [0.717, 1.165) is 17.3 Å². The van der Waals surface area contributed by atoms with E-state index in [2.05, 4.69) is 20.2 Å². The number of nitrogens with zero attached hydrogens (tertiary/aromatic N) is 7. The first-order valence-electron chi connectivity index (χ1n) is 9.47. The van der Waals surface area contributed by atoms with Gasteiger partial charge in [0, 0.05) is 51.4 Å². The Labute approximate surface area is 169 Å². The third-order valence-corrected chi connectivity index (χ3v) is 4.93. The quantitative estimate of drug-likeness (QED) is 0.647. The lowest BCUT2D eigenvalue weighted by atomic mass is 10.1. The van der Waals surface area contributed by atoms with E-state index < -0.39 is 0 Å². The molecule has 1 amide bonds. The first kappa shape index (κ1) is 18.9. The molecular formula is C20H23N7O2. The summed E-state index contributed by atoms with van der Waals surface area (Å²) in [5.41, 5.74) is 1.76. The van der Waals surface area contributed by atoms with Crippen molar-refractivity contribution < 1.29 is 9.53 Å². The van der Waals surface area contributed by atoms with E-state index in [1.165, 1.54) is 6.33 Å². The maximum absolute atomic E-state index is 12.9. The van der Waals surface area contributed by atoms with E-state index in [4.69, 9.17) is 4.74 Å². The molecule has 1 aromatic carbocycles. The van der Waals surface area contributed by atoms with Crippen molar-refractivity contribution >= 4 is 11.6 Å². The Balaban J connectivity index is 1.41. The lowest BCUT2D eigenvalue weighted by molar-refractivity contribution is 0.0758. The molecule has 3 heterocycles. The maximum Gasteiger partial charge on any atom is 0.253 e. The van der Waals surface area contributed by atoms with Gasteiger partial charge in [-0.15, -0.1) is 10.2 Å². The van der Waals surface area contributed by atoms with Gasteiger partial charge in [0.25, 0.3) is 5.91 Å². The number of carbonyl (C=O) groups is 1. The Kier molecular flexibility index (Phi) is 5.37. The van der Waals surface area contributed by atoms with Gasteiger partial charge in [0.05, 0.1) is 12.4 Å². The minimum Gasteiger partial charge on any atom is -0.482 e. The predicted molar refractivity (Wildman–Crippen MR) is 107 cm³/mol. The number of ether oxygens (including phenoxy) is 1. The van der Waals surface area contributed by atoms with Crippen LogP contribution in [-0.2, 0) is 19.6 Å². The summed E-state index contributed by atoms with van der Waals surface area (Å²) in [7, 11) is 3.96. The van der Waals surface area contributed by atoms with Gasteiger partial charge in [-0.05, 0) is 24.3 Å². The van der Waals surface area contributed by atoms with Crippen molar-refractivity contribution in [1.29, 1.82) is 0 Å². The van der Waals surface area contributed by atoms with Crippen LogP contribution in [0, 0.1) is 0 Å². The molecule has 0 radical (unpaired) electrons. The fourth-order valence-electron chi connectivity index (χ4n) is 3.29. The van der Waals surface area contributed by atoms with Crippen LogP contribution in [0.1, 0.15) is 22.0 Å². The molecule has 0 unspecified atom stereocenters. The molecule has 150 valence electrons.